The fourth-order valence-electron chi connectivity index (χ4n) is 19.9. The van der Waals surface area contributed by atoms with Crippen LogP contribution in [0.5, 0.6) is 0 Å². The summed E-state index contributed by atoms with van der Waals surface area (Å²) in [5, 5.41) is 0. The van der Waals surface area contributed by atoms with E-state index in [4.69, 9.17) is 0 Å². The van der Waals surface area contributed by atoms with Crippen molar-refractivity contribution >= 4 is 36.2 Å². The van der Waals surface area contributed by atoms with Crippen molar-refractivity contribution < 1.29 is 10.2 Å². The van der Waals surface area contributed by atoms with E-state index in [0.717, 1.165) is 50.9 Å². The molecular weight excluding hydrogens is 913 g/mol. The van der Waals surface area contributed by atoms with Crippen LogP contribution in [0.2, 0.25) is 0 Å². The van der Waals surface area contributed by atoms with Gasteiger partial charge in [0.1, 0.15) is 0 Å². The first kappa shape index (κ1) is 47.6. The molecule has 0 aromatic carbocycles. The van der Waals surface area contributed by atoms with Gasteiger partial charge in [0.25, 0.3) is 0 Å². The minimum atomic E-state index is -4.61. The zero-order valence-corrected chi connectivity index (χ0v) is 45.9. The molecule has 0 aliphatic heterocycles. The van der Waals surface area contributed by atoms with E-state index in [2.05, 4.69) is 0 Å². The molecule has 355 valence electrons. The van der Waals surface area contributed by atoms with Crippen LogP contribution < -0.4 is 0 Å². The maximum absolute atomic E-state index is 11.4. The molecule has 0 aromatic rings. The number of hydrogen-bond acceptors (Lipinski definition) is 0. The average molecular weight is 1020 g/mol. The van der Waals surface area contributed by atoms with E-state index in [1.54, 1.807) is 231 Å². The van der Waals surface area contributed by atoms with Crippen molar-refractivity contribution in [3.63, 3.8) is 0 Å². The molecule has 9 aliphatic rings. The minimum absolute atomic E-state index is 1.00. The van der Waals surface area contributed by atoms with Crippen molar-refractivity contribution in [2.24, 2.45) is 0 Å². The van der Waals surface area contributed by atoms with Gasteiger partial charge < -0.3 is 0 Å². The second kappa shape index (κ2) is 21.4. The average Bonchev–Trinajstić information content (AvgIpc) is 3.33. The van der Waals surface area contributed by atoms with E-state index >= 15 is 0 Å². The SMILES string of the molecule is [Cl][Ru]([Cl])([PH](C1CCCCC1)(C1CCCCC1)C1CCCCC1)([PH](C1CCCCC1)(C1CCCCC1)C1CCCCC1)[PH](C1CCCCC1)(C1CCCCC1)C1CCCCC1. The second-order valence-electron chi connectivity index (χ2n) is 24.1. The molecule has 0 unspecified atom stereocenters. The molecule has 6 heteroatoms. The normalized spacial score (nSPS) is 31.1. The van der Waals surface area contributed by atoms with E-state index in [9.17, 15) is 19.4 Å². The third-order valence-electron chi connectivity index (χ3n) is 21.6. The Morgan fingerprint density at radius 1 is 0.183 bits per heavy atom. The molecule has 9 rings (SSSR count). The molecular formula is C54H102Cl2P3Ru. The van der Waals surface area contributed by atoms with E-state index in [-0.39, 0.29) is 0 Å². The Balaban J connectivity index is 1.50. The van der Waals surface area contributed by atoms with Crippen molar-refractivity contribution in [3.05, 3.63) is 0 Å². The standard InChI is InChI=1S/3C18H33P.2ClH.Ru/c3*1-4-10-16(11-5-1)19(17-12-6-2-7-13-17)18-14-8-3-9-15-18;;;/h3*16-18H,1-15H2;2*1H;/q;;;;;-1/p+1. The van der Waals surface area contributed by atoms with Crippen molar-refractivity contribution in [1.29, 1.82) is 0 Å². The number of halogens is 2. The van der Waals surface area contributed by atoms with Crippen LogP contribution in [-0.4, -0.2) is 50.9 Å². The third-order valence-corrected chi connectivity index (χ3v) is 141. The van der Waals surface area contributed by atoms with Crippen molar-refractivity contribution in [2.45, 2.75) is 340 Å². The van der Waals surface area contributed by atoms with Gasteiger partial charge in [-0.1, -0.05) is 0 Å². The van der Waals surface area contributed by atoms with Gasteiger partial charge in [0.05, 0.1) is 0 Å². The fourth-order valence-corrected chi connectivity index (χ4v) is 212. The van der Waals surface area contributed by atoms with Crippen molar-refractivity contribution in [2.75, 3.05) is 0 Å². The molecule has 60 heavy (non-hydrogen) atoms. The first-order valence-electron chi connectivity index (χ1n) is 28.7. The first-order valence-corrected chi connectivity index (χ1v) is 47.3. The van der Waals surface area contributed by atoms with Gasteiger partial charge in [0.2, 0.25) is 0 Å². The van der Waals surface area contributed by atoms with Gasteiger partial charge in [-0.05, 0) is 0 Å². The Labute approximate surface area is 383 Å². The summed E-state index contributed by atoms with van der Waals surface area (Å²) >= 11 is 0. The molecule has 0 aromatic heterocycles. The zero-order chi connectivity index (χ0) is 41.0. The molecule has 9 fully saturated rings. The van der Waals surface area contributed by atoms with E-state index in [0.29, 0.717) is 0 Å². The van der Waals surface area contributed by atoms with Gasteiger partial charge in [-0.25, -0.2) is 0 Å². The Bertz CT molecular complexity index is 1010. The molecule has 0 N–H and O–H groups in total. The summed E-state index contributed by atoms with van der Waals surface area (Å²) in [6, 6.07) is 0. The second-order valence-corrected chi connectivity index (χ2v) is 87.3. The molecule has 0 bridgehead atoms. The van der Waals surface area contributed by atoms with Crippen LogP contribution in [0.4, 0.5) is 0 Å². The van der Waals surface area contributed by atoms with Crippen LogP contribution in [0.1, 0.15) is 289 Å². The van der Waals surface area contributed by atoms with Gasteiger partial charge in [0.15, 0.2) is 0 Å². The van der Waals surface area contributed by atoms with Gasteiger partial charge in [-0.15, -0.1) is 0 Å². The molecule has 9 saturated carbocycles. The molecule has 0 spiro atoms. The van der Waals surface area contributed by atoms with Crippen molar-refractivity contribution in [1.82, 2.24) is 0 Å². The topological polar surface area (TPSA) is 0 Å². The van der Waals surface area contributed by atoms with Crippen LogP contribution in [-0.2, 0) is 10.2 Å². The Morgan fingerprint density at radius 3 is 0.383 bits per heavy atom. The monoisotopic (exact) mass is 1020 g/mol. The summed E-state index contributed by atoms with van der Waals surface area (Å²) in [5.41, 5.74) is 1.78. The van der Waals surface area contributed by atoms with Crippen LogP contribution in [0, 0.1) is 0 Å². The first-order chi connectivity index (χ1) is 29.5. The van der Waals surface area contributed by atoms with Crippen LogP contribution in [0.15, 0.2) is 0 Å². The quantitative estimate of drug-likeness (QED) is 0.135. The molecule has 0 saturated heterocycles. The fraction of sp³-hybridized carbons (Fsp3) is 1.00. The summed E-state index contributed by atoms with van der Waals surface area (Å²) in [6.07, 6.45) is 70.3. The maximum atomic E-state index is 11.4. The van der Waals surface area contributed by atoms with Crippen molar-refractivity contribution in [3.8, 4) is 0 Å². The molecule has 9 aliphatic carbocycles. The zero-order valence-electron chi connectivity index (χ0n) is 39.6. The number of hydrogen-bond donors (Lipinski definition) is 0. The van der Waals surface area contributed by atoms with Gasteiger partial charge in [-0.3, -0.25) is 0 Å². The predicted molar refractivity (Wildman–Crippen MR) is 279 cm³/mol. The van der Waals surface area contributed by atoms with Crippen LogP contribution in [0.25, 0.3) is 0 Å². The Morgan fingerprint density at radius 2 is 0.283 bits per heavy atom. The van der Waals surface area contributed by atoms with Gasteiger partial charge in [0, 0.05) is 0 Å². The third kappa shape index (κ3) is 7.91. The van der Waals surface area contributed by atoms with E-state index in [1.807, 2.05) is 0 Å². The molecule has 0 heterocycles. The predicted octanol–water partition coefficient (Wildman–Crippen LogP) is 20.0. The Kier molecular flexibility index (Phi) is 17.0. The van der Waals surface area contributed by atoms with Crippen LogP contribution >= 0.6 is 36.2 Å². The Hall–Kier alpha value is 2.49. The number of rotatable bonds is 12. The molecule has 0 radical (unpaired) electrons. The summed E-state index contributed by atoms with van der Waals surface area (Å²) in [7, 11) is 18.2. The summed E-state index contributed by atoms with van der Waals surface area (Å²) in [6.45, 7) is 0. The van der Waals surface area contributed by atoms with E-state index < -0.39 is 27.0 Å². The van der Waals surface area contributed by atoms with Gasteiger partial charge >= 0.3 is 386 Å². The summed E-state index contributed by atoms with van der Waals surface area (Å²) < 4.78 is 0. The summed E-state index contributed by atoms with van der Waals surface area (Å²) in [5.74, 6) is 0. The van der Waals surface area contributed by atoms with E-state index in [1.165, 1.54) is 57.8 Å². The molecule has 0 amide bonds. The summed E-state index contributed by atoms with van der Waals surface area (Å²) in [4.78, 5) is 0. The molecule has 0 nitrogen and oxygen atoms in total. The van der Waals surface area contributed by atoms with Crippen LogP contribution in [0.3, 0.4) is 0 Å². The molecule has 0 atom stereocenters. The van der Waals surface area contributed by atoms with Gasteiger partial charge in [-0.2, -0.15) is 0 Å².